The normalized spacial score (nSPS) is 16.5. The van der Waals surface area contributed by atoms with Gasteiger partial charge in [0.25, 0.3) is 0 Å². The zero-order chi connectivity index (χ0) is 15.4. The molecule has 1 aliphatic rings. The number of hydrogen-bond acceptors (Lipinski definition) is 3. The molecule has 1 aromatic rings. The Balaban J connectivity index is 1.97. The molecule has 0 unspecified atom stereocenters. The van der Waals surface area contributed by atoms with E-state index in [1.54, 1.807) is 6.20 Å². The van der Waals surface area contributed by atoms with Crippen molar-refractivity contribution in [2.45, 2.75) is 26.8 Å². The second-order valence-electron chi connectivity index (χ2n) is 5.85. The van der Waals surface area contributed by atoms with Crippen LogP contribution in [0.1, 0.15) is 18.1 Å². The van der Waals surface area contributed by atoms with E-state index >= 15 is 0 Å². The molecule has 0 bridgehead atoms. The second-order valence-corrected chi connectivity index (χ2v) is 5.85. The first-order valence-corrected chi connectivity index (χ1v) is 7.66. The molecule has 1 atom stereocenters. The van der Waals surface area contributed by atoms with Gasteiger partial charge in [-0.05, 0) is 38.6 Å². The van der Waals surface area contributed by atoms with Gasteiger partial charge in [-0.1, -0.05) is 30.9 Å². The highest BCUT2D eigenvalue weighted by Crippen LogP contribution is 2.23. The summed E-state index contributed by atoms with van der Waals surface area (Å²) in [4.78, 5) is 4.85. The van der Waals surface area contributed by atoms with E-state index in [2.05, 4.69) is 67.2 Å². The number of rotatable bonds is 5. The maximum absolute atomic E-state index is 4.22. The molecule has 3 heteroatoms. The summed E-state index contributed by atoms with van der Waals surface area (Å²) >= 11 is 0. The van der Waals surface area contributed by atoms with E-state index < -0.39 is 0 Å². The third kappa shape index (κ3) is 3.60. The lowest BCUT2D eigenvalue weighted by molar-refractivity contribution is 0.301. The summed E-state index contributed by atoms with van der Waals surface area (Å²) in [5.74, 6) is 0. The van der Waals surface area contributed by atoms with Crippen LogP contribution in [-0.4, -0.2) is 37.1 Å². The first kappa shape index (κ1) is 15.5. The number of hydrogen-bond donors (Lipinski definition) is 1. The molecular formula is C18H27N3. The molecule has 21 heavy (non-hydrogen) atoms. The lowest BCUT2D eigenvalue weighted by Crippen LogP contribution is -2.48. The van der Waals surface area contributed by atoms with Gasteiger partial charge in [-0.2, -0.15) is 0 Å². The Bertz CT molecular complexity index is 513. The van der Waals surface area contributed by atoms with E-state index in [0.717, 1.165) is 31.9 Å². The molecule has 1 heterocycles. The Morgan fingerprint density at radius 1 is 1.24 bits per heavy atom. The first-order valence-electron chi connectivity index (χ1n) is 7.66. The summed E-state index contributed by atoms with van der Waals surface area (Å²) in [6.07, 6.45) is 1.74. The molecule has 1 aromatic carbocycles. The zero-order valence-electron chi connectivity index (χ0n) is 13.5. The van der Waals surface area contributed by atoms with Gasteiger partial charge in [-0.15, -0.1) is 0 Å². The summed E-state index contributed by atoms with van der Waals surface area (Å²) in [5, 5.41) is 3.21. The minimum absolute atomic E-state index is 0.246. The topological polar surface area (TPSA) is 18.5 Å². The minimum Gasteiger partial charge on any atom is -0.383 e. The molecule has 2 rings (SSSR count). The number of anilines is 1. The van der Waals surface area contributed by atoms with Gasteiger partial charge in [-0.25, -0.2) is 0 Å². The van der Waals surface area contributed by atoms with Crippen LogP contribution in [0.2, 0.25) is 0 Å². The van der Waals surface area contributed by atoms with Crippen molar-refractivity contribution in [3.05, 3.63) is 54.4 Å². The molecule has 0 saturated carbocycles. The van der Waals surface area contributed by atoms with Gasteiger partial charge >= 0.3 is 0 Å². The molecular weight excluding hydrogens is 258 g/mol. The fraction of sp³-hybridized carbons (Fsp3) is 0.444. The van der Waals surface area contributed by atoms with Crippen molar-refractivity contribution in [3.8, 4) is 0 Å². The zero-order valence-corrected chi connectivity index (χ0v) is 13.5. The highest BCUT2D eigenvalue weighted by molar-refractivity contribution is 5.54. The number of aryl methyl sites for hydroxylation is 2. The van der Waals surface area contributed by atoms with Crippen molar-refractivity contribution in [1.29, 1.82) is 0 Å². The smallest absolute Gasteiger partial charge is 0.0622 e. The summed E-state index contributed by atoms with van der Waals surface area (Å²) < 4.78 is 0. The van der Waals surface area contributed by atoms with Crippen molar-refractivity contribution in [1.82, 2.24) is 10.2 Å². The predicted molar refractivity (Wildman–Crippen MR) is 91.6 cm³/mol. The molecule has 3 nitrogen and oxygen atoms in total. The van der Waals surface area contributed by atoms with E-state index in [-0.39, 0.29) is 6.04 Å². The third-order valence-corrected chi connectivity index (χ3v) is 4.25. The van der Waals surface area contributed by atoms with Crippen LogP contribution in [0.25, 0.3) is 0 Å². The van der Waals surface area contributed by atoms with E-state index in [1.807, 2.05) is 0 Å². The van der Waals surface area contributed by atoms with Crippen LogP contribution in [0.3, 0.4) is 0 Å². The molecule has 0 aromatic heterocycles. The third-order valence-electron chi connectivity index (χ3n) is 4.25. The highest BCUT2D eigenvalue weighted by atomic mass is 15.3. The molecule has 114 valence electrons. The molecule has 0 amide bonds. The van der Waals surface area contributed by atoms with Gasteiger partial charge in [0.15, 0.2) is 0 Å². The summed E-state index contributed by atoms with van der Waals surface area (Å²) in [6, 6.07) is 6.95. The largest absolute Gasteiger partial charge is 0.383 e. The van der Waals surface area contributed by atoms with Gasteiger partial charge in [-0.3, -0.25) is 0 Å². The van der Waals surface area contributed by atoms with E-state index in [4.69, 9.17) is 0 Å². The van der Waals surface area contributed by atoms with E-state index in [0.29, 0.717) is 0 Å². The lowest BCUT2D eigenvalue weighted by atomic mass is 10.1. The number of piperazine rings is 1. The monoisotopic (exact) mass is 285 g/mol. The van der Waals surface area contributed by atoms with Crippen molar-refractivity contribution in [2.24, 2.45) is 0 Å². The van der Waals surface area contributed by atoms with Crippen LogP contribution >= 0.6 is 0 Å². The molecule has 0 radical (unpaired) electrons. The van der Waals surface area contributed by atoms with Gasteiger partial charge in [0.05, 0.1) is 6.04 Å². The average Bonchev–Trinajstić information content (AvgIpc) is 2.47. The minimum atomic E-state index is 0.246. The quantitative estimate of drug-likeness (QED) is 0.897. The molecule has 0 aliphatic carbocycles. The highest BCUT2D eigenvalue weighted by Gasteiger charge is 2.21. The Hall–Kier alpha value is -1.90. The van der Waals surface area contributed by atoms with Crippen molar-refractivity contribution in [2.75, 3.05) is 31.1 Å². The van der Waals surface area contributed by atoms with Crippen LogP contribution < -0.4 is 10.2 Å². The fourth-order valence-electron chi connectivity index (χ4n) is 2.94. The molecule has 1 aliphatic heterocycles. The van der Waals surface area contributed by atoms with Crippen molar-refractivity contribution >= 4 is 5.69 Å². The van der Waals surface area contributed by atoms with Crippen molar-refractivity contribution < 1.29 is 0 Å². The number of nitrogens with zero attached hydrogens (tertiary/aromatic N) is 2. The Kier molecular flexibility index (Phi) is 4.94. The van der Waals surface area contributed by atoms with Gasteiger partial charge in [0.1, 0.15) is 0 Å². The average molecular weight is 285 g/mol. The van der Waals surface area contributed by atoms with Crippen LogP contribution in [0.5, 0.6) is 0 Å². The van der Waals surface area contributed by atoms with Crippen molar-refractivity contribution in [3.63, 3.8) is 0 Å². The molecule has 1 fully saturated rings. The maximum atomic E-state index is 4.22. The van der Waals surface area contributed by atoms with Gasteiger partial charge < -0.3 is 15.1 Å². The SMILES string of the molecule is C=CN[C@@H](C)C(=C)N1CCN(c2ccc(C)cc2C)CC1. The second kappa shape index (κ2) is 6.70. The molecule has 1 N–H and O–H groups in total. The Morgan fingerprint density at radius 3 is 2.48 bits per heavy atom. The molecule has 0 spiro atoms. The van der Waals surface area contributed by atoms with Crippen LogP contribution in [0, 0.1) is 13.8 Å². The molecule has 1 saturated heterocycles. The fourth-order valence-corrected chi connectivity index (χ4v) is 2.94. The van der Waals surface area contributed by atoms with Gasteiger partial charge in [0, 0.05) is 37.6 Å². The predicted octanol–water partition coefficient (Wildman–Crippen LogP) is 3.06. The maximum Gasteiger partial charge on any atom is 0.0622 e. The Morgan fingerprint density at radius 2 is 1.90 bits per heavy atom. The first-order chi connectivity index (χ1) is 10.0. The Labute approximate surface area is 128 Å². The number of nitrogens with one attached hydrogen (secondary N) is 1. The lowest BCUT2D eigenvalue weighted by Gasteiger charge is -2.40. The summed E-state index contributed by atoms with van der Waals surface area (Å²) in [7, 11) is 0. The standard InChI is InChI=1S/C18H27N3/c1-6-19-16(4)17(5)20-9-11-21(12-10-20)18-8-7-14(2)13-15(18)3/h6-8,13,16,19H,1,5,9-12H2,2-4H3/t16-/m0/s1. The van der Waals surface area contributed by atoms with E-state index in [1.165, 1.54) is 16.8 Å². The number of benzene rings is 1. The van der Waals surface area contributed by atoms with Gasteiger partial charge in [0.2, 0.25) is 0 Å². The van der Waals surface area contributed by atoms with Crippen LogP contribution in [0.15, 0.2) is 43.3 Å². The van der Waals surface area contributed by atoms with Crippen LogP contribution in [0.4, 0.5) is 5.69 Å². The summed E-state index contributed by atoms with van der Waals surface area (Å²) in [6.45, 7) is 18.5. The summed E-state index contributed by atoms with van der Waals surface area (Å²) in [5.41, 5.74) is 5.20. The van der Waals surface area contributed by atoms with E-state index in [9.17, 15) is 0 Å². The van der Waals surface area contributed by atoms with Crippen LogP contribution in [-0.2, 0) is 0 Å².